The topological polar surface area (TPSA) is 63.2 Å². The minimum Gasteiger partial charge on any atom is -0.378 e. The molecule has 5 heteroatoms. The minimum atomic E-state index is 0.105. The van der Waals surface area contributed by atoms with Crippen molar-refractivity contribution < 1.29 is 9.53 Å². The third kappa shape index (κ3) is 6.69. The molecule has 2 rings (SSSR count). The Balaban J connectivity index is 1.47. The maximum Gasteiger partial charge on any atom is 0.220 e. The van der Waals surface area contributed by atoms with Gasteiger partial charge in [-0.3, -0.25) is 9.78 Å². The van der Waals surface area contributed by atoms with Crippen molar-refractivity contribution in [3.05, 3.63) is 30.1 Å². The molecule has 21 heavy (non-hydrogen) atoms. The highest BCUT2D eigenvalue weighted by Gasteiger charge is 2.12. The summed E-state index contributed by atoms with van der Waals surface area (Å²) in [6.07, 6.45) is 8.27. The third-order valence-corrected chi connectivity index (χ3v) is 3.67. The second-order valence-corrected chi connectivity index (χ2v) is 5.38. The summed E-state index contributed by atoms with van der Waals surface area (Å²) in [4.78, 5) is 15.7. The quantitative estimate of drug-likeness (QED) is 0.709. The lowest BCUT2D eigenvalue weighted by Crippen LogP contribution is -2.33. The standard InChI is InChI=1S/C16H25N3O2/c20-16(3-2-14-4-9-17-10-5-14)19-8-1-13-21-15-6-11-18-12-7-15/h4-5,9-10,15,18H,1-3,6-8,11-13H2,(H,19,20). The zero-order valence-electron chi connectivity index (χ0n) is 12.5. The van der Waals surface area contributed by atoms with Crippen LogP contribution in [0.25, 0.3) is 0 Å². The van der Waals surface area contributed by atoms with Gasteiger partial charge in [0.25, 0.3) is 0 Å². The molecule has 1 fully saturated rings. The highest BCUT2D eigenvalue weighted by atomic mass is 16.5. The molecule has 1 aliphatic rings. The van der Waals surface area contributed by atoms with Gasteiger partial charge in [0.05, 0.1) is 6.10 Å². The number of piperidine rings is 1. The molecule has 0 radical (unpaired) electrons. The molecule has 1 aromatic rings. The van der Waals surface area contributed by atoms with Crippen molar-refractivity contribution in [1.29, 1.82) is 0 Å². The Morgan fingerprint density at radius 2 is 2.10 bits per heavy atom. The highest BCUT2D eigenvalue weighted by molar-refractivity contribution is 5.76. The van der Waals surface area contributed by atoms with Crippen LogP contribution in [0.5, 0.6) is 0 Å². The molecule has 1 saturated heterocycles. The Labute approximate surface area is 126 Å². The van der Waals surface area contributed by atoms with Gasteiger partial charge in [-0.05, 0) is 56.5 Å². The number of rotatable bonds is 8. The molecule has 0 atom stereocenters. The zero-order chi connectivity index (χ0) is 14.8. The van der Waals surface area contributed by atoms with Crippen LogP contribution in [0.2, 0.25) is 0 Å². The number of aromatic nitrogens is 1. The summed E-state index contributed by atoms with van der Waals surface area (Å²) in [5.41, 5.74) is 1.15. The van der Waals surface area contributed by atoms with E-state index in [9.17, 15) is 4.79 Å². The second kappa shape index (κ2) is 9.47. The van der Waals surface area contributed by atoms with Crippen molar-refractivity contribution in [2.24, 2.45) is 0 Å². The first-order chi connectivity index (χ1) is 10.3. The van der Waals surface area contributed by atoms with E-state index < -0.39 is 0 Å². The van der Waals surface area contributed by atoms with Gasteiger partial charge in [-0.1, -0.05) is 0 Å². The summed E-state index contributed by atoms with van der Waals surface area (Å²) >= 11 is 0. The molecule has 0 aromatic carbocycles. The van der Waals surface area contributed by atoms with E-state index in [4.69, 9.17) is 4.74 Å². The van der Waals surface area contributed by atoms with Crippen LogP contribution in [0.1, 0.15) is 31.2 Å². The van der Waals surface area contributed by atoms with Gasteiger partial charge in [0.2, 0.25) is 5.91 Å². The van der Waals surface area contributed by atoms with Crippen LogP contribution in [-0.4, -0.2) is 43.2 Å². The van der Waals surface area contributed by atoms with E-state index in [0.29, 0.717) is 19.1 Å². The van der Waals surface area contributed by atoms with E-state index in [1.165, 1.54) is 0 Å². The van der Waals surface area contributed by atoms with Crippen molar-refractivity contribution in [1.82, 2.24) is 15.6 Å². The van der Waals surface area contributed by atoms with Gasteiger partial charge in [-0.15, -0.1) is 0 Å². The van der Waals surface area contributed by atoms with Crippen LogP contribution in [-0.2, 0) is 16.0 Å². The molecule has 0 spiro atoms. The summed E-state index contributed by atoms with van der Waals surface area (Å²) in [7, 11) is 0. The maximum atomic E-state index is 11.7. The molecule has 1 amide bonds. The van der Waals surface area contributed by atoms with Crippen molar-refractivity contribution >= 4 is 5.91 Å². The number of carbonyl (C=O) groups excluding carboxylic acids is 1. The molecule has 1 aliphatic heterocycles. The van der Waals surface area contributed by atoms with Gasteiger partial charge in [-0.2, -0.15) is 0 Å². The normalized spacial score (nSPS) is 15.8. The van der Waals surface area contributed by atoms with Crippen LogP contribution in [0.3, 0.4) is 0 Å². The summed E-state index contributed by atoms with van der Waals surface area (Å²) in [5.74, 6) is 0.105. The number of nitrogens with zero attached hydrogens (tertiary/aromatic N) is 1. The lowest BCUT2D eigenvalue weighted by atomic mass is 10.1. The lowest BCUT2D eigenvalue weighted by Gasteiger charge is -2.22. The number of hydrogen-bond acceptors (Lipinski definition) is 4. The second-order valence-electron chi connectivity index (χ2n) is 5.38. The fourth-order valence-corrected chi connectivity index (χ4v) is 2.41. The predicted molar refractivity (Wildman–Crippen MR) is 82.0 cm³/mol. The Morgan fingerprint density at radius 1 is 1.33 bits per heavy atom. The number of aryl methyl sites for hydroxylation is 1. The van der Waals surface area contributed by atoms with Crippen molar-refractivity contribution in [2.45, 2.75) is 38.2 Å². The number of pyridine rings is 1. The first-order valence-electron chi connectivity index (χ1n) is 7.82. The number of carbonyl (C=O) groups is 1. The molecule has 0 aliphatic carbocycles. The van der Waals surface area contributed by atoms with Crippen LogP contribution in [0.15, 0.2) is 24.5 Å². The average molecular weight is 291 g/mol. The van der Waals surface area contributed by atoms with Crippen LogP contribution >= 0.6 is 0 Å². The monoisotopic (exact) mass is 291 g/mol. The average Bonchev–Trinajstić information content (AvgIpc) is 2.54. The molecular weight excluding hydrogens is 266 g/mol. The first kappa shape index (κ1) is 15.9. The molecule has 2 heterocycles. The SMILES string of the molecule is O=C(CCc1ccncc1)NCCCOC1CCNCC1. The summed E-state index contributed by atoms with van der Waals surface area (Å²) in [6, 6.07) is 3.89. The fourth-order valence-electron chi connectivity index (χ4n) is 2.41. The highest BCUT2D eigenvalue weighted by Crippen LogP contribution is 2.07. The minimum absolute atomic E-state index is 0.105. The van der Waals surface area contributed by atoms with Crippen molar-refractivity contribution in [2.75, 3.05) is 26.2 Å². The third-order valence-electron chi connectivity index (χ3n) is 3.67. The van der Waals surface area contributed by atoms with E-state index in [0.717, 1.165) is 50.9 Å². The predicted octanol–water partition coefficient (Wildman–Crippen LogP) is 1.29. The van der Waals surface area contributed by atoms with Gasteiger partial charge >= 0.3 is 0 Å². The van der Waals surface area contributed by atoms with Gasteiger partial charge in [0, 0.05) is 32.0 Å². The van der Waals surface area contributed by atoms with Crippen molar-refractivity contribution in [3.63, 3.8) is 0 Å². The van der Waals surface area contributed by atoms with E-state index in [1.807, 2.05) is 12.1 Å². The van der Waals surface area contributed by atoms with Gasteiger partial charge in [0.1, 0.15) is 0 Å². The number of hydrogen-bond donors (Lipinski definition) is 2. The molecule has 0 unspecified atom stereocenters. The van der Waals surface area contributed by atoms with Crippen molar-refractivity contribution in [3.8, 4) is 0 Å². The Kier molecular flexibility index (Phi) is 7.18. The largest absolute Gasteiger partial charge is 0.378 e. The van der Waals surface area contributed by atoms with Crippen LogP contribution in [0.4, 0.5) is 0 Å². The van der Waals surface area contributed by atoms with Gasteiger partial charge in [0.15, 0.2) is 0 Å². The number of nitrogens with one attached hydrogen (secondary N) is 2. The fraction of sp³-hybridized carbons (Fsp3) is 0.625. The molecule has 0 saturated carbocycles. The summed E-state index contributed by atoms with van der Waals surface area (Å²) in [5, 5.41) is 6.26. The molecule has 2 N–H and O–H groups in total. The Bertz CT molecular complexity index is 405. The molecule has 116 valence electrons. The Hall–Kier alpha value is -1.46. The van der Waals surface area contributed by atoms with E-state index in [2.05, 4.69) is 15.6 Å². The zero-order valence-corrected chi connectivity index (χ0v) is 12.5. The molecular formula is C16H25N3O2. The first-order valence-corrected chi connectivity index (χ1v) is 7.82. The smallest absolute Gasteiger partial charge is 0.220 e. The Morgan fingerprint density at radius 3 is 2.86 bits per heavy atom. The van der Waals surface area contributed by atoms with Crippen LogP contribution in [0, 0.1) is 0 Å². The molecule has 0 bridgehead atoms. The van der Waals surface area contributed by atoms with E-state index >= 15 is 0 Å². The van der Waals surface area contributed by atoms with E-state index in [1.54, 1.807) is 12.4 Å². The van der Waals surface area contributed by atoms with Crippen LogP contribution < -0.4 is 10.6 Å². The van der Waals surface area contributed by atoms with Gasteiger partial charge < -0.3 is 15.4 Å². The lowest BCUT2D eigenvalue weighted by molar-refractivity contribution is -0.121. The number of amides is 1. The van der Waals surface area contributed by atoms with E-state index in [-0.39, 0.29) is 5.91 Å². The molecule has 5 nitrogen and oxygen atoms in total. The summed E-state index contributed by atoms with van der Waals surface area (Å²) < 4.78 is 5.80. The number of ether oxygens (including phenoxy) is 1. The molecule has 1 aromatic heterocycles. The maximum absolute atomic E-state index is 11.7. The summed E-state index contributed by atoms with van der Waals surface area (Å²) in [6.45, 7) is 3.53. The van der Waals surface area contributed by atoms with Gasteiger partial charge in [-0.25, -0.2) is 0 Å².